The lowest BCUT2D eigenvalue weighted by atomic mass is 10.5. The molecule has 0 saturated carbocycles. The molecule has 1 heterocycles. The SMILES string of the molecule is BrC1=CNCC1. The fourth-order valence-electron chi connectivity index (χ4n) is 0.447. The Kier molecular flexibility index (Phi) is 1.15. The van der Waals surface area contributed by atoms with Gasteiger partial charge in [0, 0.05) is 17.2 Å². The summed E-state index contributed by atoms with van der Waals surface area (Å²) in [5.41, 5.74) is 0. The van der Waals surface area contributed by atoms with E-state index in [1.165, 1.54) is 4.48 Å². The van der Waals surface area contributed by atoms with Crippen molar-refractivity contribution in [1.29, 1.82) is 0 Å². The normalized spacial score (nSPS) is 19.8. The maximum atomic E-state index is 3.34. The van der Waals surface area contributed by atoms with Crippen LogP contribution < -0.4 is 5.32 Å². The van der Waals surface area contributed by atoms with Crippen LogP contribution in [0.1, 0.15) is 6.42 Å². The zero-order chi connectivity index (χ0) is 4.41. The van der Waals surface area contributed by atoms with Gasteiger partial charge in [0.05, 0.1) is 0 Å². The standard InChI is InChI=1S/C4H6BrN/c5-4-1-2-6-3-4/h3,6H,1-2H2. The lowest BCUT2D eigenvalue weighted by Gasteiger charge is -1.78. The highest BCUT2D eigenvalue weighted by atomic mass is 79.9. The van der Waals surface area contributed by atoms with Crippen LogP contribution in [0.25, 0.3) is 0 Å². The van der Waals surface area contributed by atoms with Gasteiger partial charge in [-0.3, -0.25) is 0 Å². The van der Waals surface area contributed by atoms with E-state index in [9.17, 15) is 0 Å². The molecule has 0 amide bonds. The largest absolute Gasteiger partial charge is 0.390 e. The molecule has 1 aliphatic rings. The summed E-state index contributed by atoms with van der Waals surface area (Å²) in [7, 11) is 0. The fraction of sp³-hybridized carbons (Fsp3) is 0.500. The van der Waals surface area contributed by atoms with Gasteiger partial charge in [0.25, 0.3) is 0 Å². The molecule has 0 unspecified atom stereocenters. The average Bonchev–Trinajstić information content (AvgIpc) is 1.86. The van der Waals surface area contributed by atoms with Crippen molar-refractivity contribution in [3.05, 3.63) is 10.7 Å². The first-order valence-corrected chi connectivity index (χ1v) is 2.77. The van der Waals surface area contributed by atoms with Crippen LogP contribution >= 0.6 is 15.9 Å². The van der Waals surface area contributed by atoms with E-state index in [-0.39, 0.29) is 0 Å². The van der Waals surface area contributed by atoms with E-state index in [1.54, 1.807) is 0 Å². The molecule has 0 aromatic carbocycles. The Morgan fingerprint density at radius 1 is 1.83 bits per heavy atom. The molecule has 0 radical (unpaired) electrons. The number of halogens is 1. The van der Waals surface area contributed by atoms with Crippen LogP contribution in [0, 0.1) is 0 Å². The van der Waals surface area contributed by atoms with Crippen molar-refractivity contribution < 1.29 is 0 Å². The van der Waals surface area contributed by atoms with Crippen LogP contribution in [0.3, 0.4) is 0 Å². The molecule has 0 aromatic heterocycles. The van der Waals surface area contributed by atoms with Crippen molar-refractivity contribution >= 4 is 15.9 Å². The predicted octanol–water partition coefficient (Wildman–Crippen LogP) is 1.22. The van der Waals surface area contributed by atoms with Crippen molar-refractivity contribution in [2.75, 3.05) is 6.54 Å². The molecule has 34 valence electrons. The molecule has 0 fully saturated rings. The number of hydrogen-bond acceptors (Lipinski definition) is 1. The molecule has 0 saturated heterocycles. The second-order valence-corrected chi connectivity index (χ2v) is 2.31. The molecule has 1 N–H and O–H groups in total. The third-order valence-corrected chi connectivity index (χ3v) is 1.39. The minimum atomic E-state index is 1.10. The summed E-state index contributed by atoms with van der Waals surface area (Å²) < 4.78 is 1.28. The minimum Gasteiger partial charge on any atom is -0.390 e. The summed E-state index contributed by atoms with van der Waals surface area (Å²) in [6.45, 7) is 1.10. The molecule has 6 heavy (non-hydrogen) atoms. The van der Waals surface area contributed by atoms with Gasteiger partial charge >= 0.3 is 0 Å². The van der Waals surface area contributed by atoms with Gasteiger partial charge in [-0.1, -0.05) is 15.9 Å². The number of rotatable bonds is 0. The first-order chi connectivity index (χ1) is 2.89. The van der Waals surface area contributed by atoms with Crippen LogP contribution in [-0.4, -0.2) is 6.54 Å². The Labute approximate surface area is 45.6 Å². The second kappa shape index (κ2) is 1.65. The van der Waals surface area contributed by atoms with Crippen molar-refractivity contribution in [2.45, 2.75) is 6.42 Å². The molecule has 0 spiro atoms. The molecule has 2 heteroatoms. The Morgan fingerprint density at radius 2 is 2.67 bits per heavy atom. The van der Waals surface area contributed by atoms with Crippen LogP contribution in [-0.2, 0) is 0 Å². The molecular weight excluding hydrogens is 142 g/mol. The van der Waals surface area contributed by atoms with E-state index in [2.05, 4.69) is 21.2 Å². The number of hydrogen-bond donors (Lipinski definition) is 1. The smallest absolute Gasteiger partial charge is 0.0187 e. The van der Waals surface area contributed by atoms with Gasteiger partial charge in [0.1, 0.15) is 0 Å². The molecule has 0 aromatic rings. The molecule has 1 nitrogen and oxygen atoms in total. The minimum absolute atomic E-state index is 1.10. The van der Waals surface area contributed by atoms with Crippen molar-refractivity contribution in [3.8, 4) is 0 Å². The van der Waals surface area contributed by atoms with Gasteiger partial charge in [0.15, 0.2) is 0 Å². The molecule has 1 rings (SSSR count). The molecule has 1 aliphatic heterocycles. The molecule has 0 atom stereocenters. The van der Waals surface area contributed by atoms with E-state index < -0.39 is 0 Å². The first-order valence-electron chi connectivity index (χ1n) is 1.97. The summed E-state index contributed by atoms with van der Waals surface area (Å²) in [5.74, 6) is 0. The Balaban J connectivity index is 2.45. The van der Waals surface area contributed by atoms with Crippen molar-refractivity contribution in [3.63, 3.8) is 0 Å². The highest BCUT2D eigenvalue weighted by molar-refractivity contribution is 9.11. The van der Waals surface area contributed by atoms with E-state index >= 15 is 0 Å². The summed E-state index contributed by atoms with van der Waals surface area (Å²) in [6, 6.07) is 0. The van der Waals surface area contributed by atoms with Gasteiger partial charge in [-0.05, 0) is 6.42 Å². The third-order valence-electron chi connectivity index (χ3n) is 0.767. The zero-order valence-electron chi connectivity index (χ0n) is 3.37. The van der Waals surface area contributed by atoms with Crippen LogP contribution in [0.15, 0.2) is 10.7 Å². The van der Waals surface area contributed by atoms with Gasteiger partial charge in [-0.15, -0.1) is 0 Å². The summed E-state index contributed by atoms with van der Waals surface area (Å²) in [6.07, 6.45) is 3.14. The van der Waals surface area contributed by atoms with E-state index in [1.807, 2.05) is 6.20 Å². The Bertz CT molecular complexity index is 77.6. The van der Waals surface area contributed by atoms with Gasteiger partial charge in [-0.2, -0.15) is 0 Å². The van der Waals surface area contributed by atoms with Crippen LogP contribution in [0.5, 0.6) is 0 Å². The molecular formula is C4H6BrN. The zero-order valence-corrected chi connectivity index (χ0v) is 4.96. The Morgan fingerprint density at radius 3 is 2.83 bits per heavy atom. The van der Waals surface area contributed by atoms with Crippen molar-refractivity contribution in [2.24, 2.45) is 0 Å². The molecule has 0 aliphatic carbocycles. The van der Waals surface area contributed by atoms with E-state index in [4.69, 9.17) is 0 Å². The lowest BCUT2D eigenvalue weighted by molar-refractivity contribution is 0.915. The fourth-order valence-corrected chi connectivity index (χ4v) is 0.807. The summed E-state index contributed by atoms with van der Waals surface area (Å²) in [5, 5.41) is 3.06. The average molecular weight is 148 g/mol. The molecule has 0 bridgehead atoms. The summed E-state index contributed by atoms with van der Waals surface area (Å²) in [4.78, 5) is 0. The Hall–Kier alpha value is 0.0200. The number of nitrogens with one attached hydrogen (secondary N) is 1. The topological polar surface area (TPSA) is 12.0 Å². The maximum Gasteiger partial charge on any atom is 0.0187 e. The van der Waals surface area contributed by atoms with Crippen molar-refractivity contribution in [1.82, 2.24) is 5.32 Å². The van der Waals surface area contributed by atoms with Crippen LogP contribution in [0.4, 0.5) is 0 Å². The third kappa shape index (κ3) is 0.744. The lowest BCUT2D eigenvalue weighted by Crippen LogP contribution is -1.96. The quantitative estimate of drug-likeness (QED) is 0.544. The maximum absolute atomic E-state index is 3.34. The predicted molar refractivity (Wildman–Crippen MR) is 29.6 cm³/mol. The van der Waals surface area contributed by atoms with Gasteiger partial charge < -0.3 is 5.32 Å². The van der Waals surface area contributed by atoms with E-state index in [0.717, 1.165) is 13.0 Å². The van der Waals surface area contributed by atoms with E-state index in [0.29, 0.717) is 0 Å². The van der Waals surface area contributed by atoms with Gasteiger partial charge in [-0.25, -0.2) is 0 Å². The van der Waals surface area contributed by atoms with Gasteiger partial charge in [0.2, 0.25) is 0 Å². The van der Waals surface area contributed by atoms with Crippen LogP contribution in [0.2, 0.25) is 0 Å². The first kappa shape index (κ1) is 4.19. The summed E-state index contributed by atoms with van der Waals surface area (Å²) >= 11 is 3.34. The monoisotopic (exact) mass is 147 g/mol. The highest BCUT2D eigenvalue weighted by Crippen LogP contribution is 2.11. The second-order valence-electron chi connectivity index (χ2n) is 1.30. The highest BCUT2D eigenvalue weighted by Gasteiger charge is 1.95.